The maximum absolute atomic E-state index is 12.7. The third kappa shape index (κ3) is 5.74. The molecule has 3 unspecified atom stereocenters. The van der Waals surface area contributed by atoms with Crippen LogP contribution in [0.25, 0.3) is 0 Å². The molecule has 3 aromatic rings. The molecule has 0 aliphatic carbocycles. The third-order valence-corrected chi connectivity index (χ3v) is 6.84. The molecule has 5 N–H and O–H groups in total. The second-order valence-electron chi connectivity index (χ2n) is 9.55. The standard InChI is InChI=1S/C29H35N5O2/c1-3-6-24-17-25(35)15-19(2)34(24)23-11-8-20(9-12-23)28(31)26-16-21(10-13-27(26)30)29(36)33-18-22-7-4-5-14-32-22/h4-5,7-14,16,19,24-25,31,35H,3,6,15,17-18,30H2,1-2H3,(H,33,36). The highest BCUT2D eigenvalue weighted by Crippen LogP contribution is 2.32. The van der Waals surface area contributed by atoms with Gasteiger partial charge in [0, 0.05) is 46.3 Å². The molecule has 7 nitrogen and oxygen atoms in total. The molecule has 1 aliphatic heterocycles. The zero-order valence-corrected chi connectivity index (χ0v) is 20.9. The molecule has 1 aromatic heterocycles. The zero-order chi connectivity index (χ0) is 25.7. The molecule has 0 radical (unpaired) electrons. The van der Waals surface area contributed by atoms with Gasteiger partial charge in [0.05, 0.1) is 24.1 Å². The Kier molecular flexibility index (Phi) is 8.00. The molecule has 2 heterocycles. The number of nitrogens with one attached hydrogen (secondary N) is 2. The average molecular weight is 486 g/mol. The summed E-state index contributed by atoms with van der Waals surface area (Å²) < 4.78 is 0. The van der Waals surface area contributed by atoms with E-state index in [0.29, 0.717) is 29.4 Å². The third-order valence-electron chi connectivity index (χ3n) is 6.84. The number of hydrogen-bond donors (Lipinski definition) is 4. The van der Waals surface area contributed by atoms with Crippen LogP contribution in [-0.4, -0.2) is 39.9 Å². The Bertz CT molecular complexity index is 1200. The number of nitrogens with two attached hydrogens (primary N) is 1. The molecule has 7 heteroatoms. The van der Waals surface area contributed by atoms with Crippen LogP contribution in [0.5, 0.6) is 0 Å². The van der Waals surface area contributed by atoms with Gasteiger partial charge in [-0.05, 0) is 68.7 Å². The zero-order valence-electron chi connectivity index (χ0n) is 20.9. The number of anilines is 2. The molecule has 1 fully saturated rings. The lowest BCUT2D eigenvalue weighted by molar-refractivity contribution is 0.0950. The average Bonchev–Trinajstić information content (AvgIpc) is 2.88. The summed E-state index contributed by atoms with van der Waals surface area (Å²) in [5.41, 5.74) is 10.5. The highest BCUT2D eigenvalue weighted by Gasteiger charge is 2.32. The second kappa shape index (κ2) is 11.4. The van der Waals surface area contributed by atoms with Crippen LogP contribution in [0.2, 0.25) is 0 Å². The van der Waals surface area contributed by atoms with Crippen molar-refractivity contribution >= 4 is 23.0 Å². The normalized spacial score (nSPS) is 19.6. The monoisotopic (exact) mass is 485 g/mol. The van der Waals surface area contributed by atoms with Crippen molar-refractivity contribution in [3.8, 4) is 0 Å². The first-order chi connectivity index (χ1) is 17.4. The molecule has 4 rings (SSSR count). The number of nitrogen functional groups attached to an aromatic ring is 1. The fraction of sp³-hybridized carbons (Fsp3) is 0.345. The fourth-order valence-corrected chi connectivity index (χ4v) is 5.09. The molecule has 1 saturated heterocycles. The van der Waals surface area contributed by atoms with E-state index in [2.05, 4.69) is 29.0 Å². The number of nitrogens with zero attached hydrogens (tertiary/aromatic N) is 2. The van der Waals surface area contributed by atoms with Crippen molar-refractivity contribution < 1.29 is 9.90 Å². The topological polar surface area (TPSA) is 115 Å². The molecule has 2 aromatic carbocycles. The number of aromatic nitrogens is 1. The Morgan fingerprint density at radius 1 is 1.14 bits per heavy atom. The fourth-order valence-electron chi connectivity index (χ4n) is 5.09. The first-order valence-electron chi connectivity index (χ1n) is 12.6. The van der Waals surface area contributed by atoms with Crippen LogP contribution in [-0.2, 0) is 6.54 Å². The Morgan fingerprint density at radius 2 is 1.89 bits per heavy atom. The maximum Gasteiger partial charge on any atom is 0.251 e. The Balaban J connectivity index is 1.50. The van der Waals surface area contributed by atoms with Gasteiger partial charge in [0.2, 0.25) is 0 Å². The maximum atomic E-state index is 12.7. The van der Waals surface area contributed by atoms with Crippen LogP contribution in [0, 0.1) is 5.41 Å². The molecule has 0 spiro atoms. The van der Waals surface area contributed by atoms with Gasteiger partial charge in [0.1, 0.15) is 0 Å². The molecule has 3 atom stereocenters. The predicted octanol–water partition coefficient (Wildman–Crippen LogP) is 4.53. The Morgan fingerprint density at radius 3 is 2.58 bits per heavy atom. The van der Waals surface area contributed by atoms with Crippen LogP contribution in [0.4, 0.5) is 11.4 Å². The lowest BCUT2D eigenvalue weighted by Crippen LogP contribution is -2.49. The van der Waals surface area contributed by atoms with Crippen LogP contribution in [0.3, 0.4) is 0 Å². The highest BCUT2D eigenvalue weighted by atomic mass is 16.3. The van der Waals surface area contributed by atoms with Gasteiger partial charge in [-0.1, -0.05) is 31.5 Å². The number of benzene rings is 2. The van der Waals surface area contributed by atoms with Crippen molar-refractivity contribution in [3.63, 3.8) is 0 Å². The summed E-state index contributed by atoms with van der Waals surface area (Å²) >= 11 is 0. The van der Waals surface area contributed by atoms with Crippen LogP contribution >= 0.6 is 0 Å². The minimum absolute atomic E-state index is 0.242. The minimum atomic E-state index is -0.253. The van der Waals surface area contributed by atoms with E-state index in [1.165, 1.54) is 0 Å². The summed E-state index contributed by atoms with van der Waals surface area (Å²) in [5, 5.41) is 21.9. The largest absolute Gasteiger partial charge is 0.398 e. The van der Waals surface area contributed by atoms with Gasteiger partial charge >= 0.3 is 0 Å². The van der Waals surface area contributed by atoms with Crippen molar-refractivity contribution in [1.82, 2.24) is 10.3 Å². The molecule has 0 saturated carbocycles. The van der Waals surface area contributed by atoms with Gasteiger partial charge in [-0.15, -0.1) is 0 Å². The van der Waals surface area contributed by atoms with Crippen LogP contribution in [0.15, 0.2) is 66.9 Å². The molecule has 1 amide bonds. The Labute approximate surface area is 212 Å². The van der Waals surface area contributed by atoms with Gasteiger partial charge in [-0.3, -0.25) is 15.2 Å². The summed E-state index contributed by atoms with van der Waals surface area (Å²) in [6.45, 7) is 4.65. The van der Waals surface area contributed by atoms with E-state index < -0.39 is 0 Å². The number of aliphatic hydroxyl groups excluding tert-OH is 1. The first kappa shape index (κ1) is 25.4. The van der Waals surface area contributed by atoms with E-state index in [-0.39, 0.29) is 23.8 Å². The molecular formula is C29H35N5O2. The first-order valence-corrected chi connectivity index (χ1v) is 12.6. The molecule has 188 valence electrons. The van der Waals surface area contributed by atoms with E-state index in [1.54, 1.807) is 24.4 Å². The van der Waals surface area contributed by atoms with E-state index in [9.17, 15) is 9.90 Å². The molecule has 0 bridgehead atoms. The summed E-state index contributed by atoms with van der Waals surface area (Å²) in [5.74, 6) is -0.242. The smallest absolute Gasteiger partial charge is 0.251 e. The number of hydrogen-bond acceptors (Lipinski definition) is 6. The summed E-state index contributed by atoms with van der Waals surface area (Å²) in [4.78, 5) is 19.4. The van der Waals surface area contributed by atoms with Gasteiger partial charge in [0.25, 0.3) is 5.91 Å². The number of aliphatic hydroxyl groups is 1. The van der Waals surface area contributed by atoms with Crippen LogP contribution < -0.4 is 16.0 Å². The molecule has 36 heavy (non-hydrogen) atoms. The van der Waals surface area contributed by atoms with Crippen molar-refractivity contribution in [2.45, 2.75) is 64.3 Å². The number of amides is 1. The van der Waals surface area contributed by atoms with Gasteiger partial charge < -0.3 is 21.1 Å². The minimum Gasteiger partial charge on any atom is -0.398 e. The van der Waals surface area contributed by atoms with E-state index in [1.807, 2.05) is 42.5 Å². The number of pyridine rings is 1. The van der Waals surface area contributed by atoms with E-state index in [0.717, 1.165) is 42.6 Å². The summed E-state index contributed by atoms with van der Waals surface area (Å²) in [6.07, 6.45) is 5.07. The summed E-state index contributed by atoms with van der Waals surface area (Å²) in [7, 11) is 0. The van der Waals surface area contributed by atoms with Gasteiger partial charge in [-0.25, -0.2) is 0 Å². The molecule has 1 aliphatic rings. The molecular weight excluding hydrogens is 450 g/mol. The van der Waals surface area contributed by atoms with Crippen LogP contribution in [0.1, 0.15) is 66.7 Å². The second-order valence-corrected chi connectivity index (χ2v) is 9.55. The quantitative estimate of drug-likeness (QED) is 0.276. The van der Waals surface area contributed by atoms with Gasteiger partial charge in [-0.2, -0.15) is 0 Å². The SMILES string of the molecule is CCCC1CC(O)CC(C)N1c1ccc(C(=N)c2cc(C(=O)NCc3ccccn3)ccc2N)cc1. The van der Waals surface area contributed by atoms with Gasteiger partial charge in [0.15, 0.2) is 0 Å². The Hall–Kier alpha value is -3.71. The van der Waals surface area contributed by atoms with Crippen molar-refractivity contribution in [1.29, 1.82) is 5.41 Å². The lowest BCUT2D eigenvalue weighted by Gasteiger charge is -2.44. The number of piperidine rings is 1. The number of carbonyl (C=O) groups excluding carboxylic acids is 1. The highest BCUT2D eigenvalue weighted by molar-refractivity contribution is 6.15. The van der Waals surface area contributed by atoms with Crippen molar-refractivity contribution in [3.05, 3.63) is 89.2 Å². The number of carbonyl (C=O) groups is 1. The number of rotatable bonds is 8. The summed E-state index contributed by atoms with van der Waals surface area (Å²) in [6, 6.07) is 19.1. The van der Waals surface area contributed by atoms with Crippen molar-refractivity contribution in [2.24, 2.45) is 0 Å². The van der Waals surface area contributed by atoms with Crippen molar-refractivity contribution in [2.75, 3.05) is 10.6 Å². The van der Waals surface area contributed by atoms with E-state index >= 15 is 0 Å². The lowest BCUT2D eigenvalue weighted by atomic mass is 9.90. The van der Waals surface area contributed by atoms with E-state index in [4.69, 9.17) is 11.1 Å². The predicted molar refractivity (Wildman–Crippen MR) is 145 cm³/mol.